The van der Waals surface area contributed by atoms with Gasteiger partial charge in [-0.3, -0.25) is 14.4 Å². The molecule has 17 nitrogen and oxygen atoms in total. The molecule has 4 rings (SSSR count). The second kappa shape index (κ2) is 20.6. The first-order valence-corrected chi connectivity index (χ1v) is 21.1. The highest BCUT2D eigenvalue weighted by molar-refractivity contribution is 5.83. The molecule has 3 fully saturated rings. The lowest BCUT2D eigenvalue weighted by Gasteiger charge is -2.53. The summed E-state index contributed by atoms with van der Waals surface area (Å²) >= 11 is 0. The molecule has 11 atom stereocenters. The fraction of sp³-hybridized carbons (Fsp3) is 0.750. The van der Waals surface area contributed by atoms with Crippen LogP contribution in [0.1, 0.15) is 119 Å². The van der Waals surface area contributed by atoms with E-state index >= 15 is 0 Å². The normalized spacial score (nSPS) is 36.7. The van der Waals surface area contributed by atoms with Crippen LogP contribution in [0.5, 0.6) is 0 Å². The molecule has 61 heavy (non-hydrogen) atoms. The summed E-state index contributed by atoms with van der Waals surface area (Å²) in [6, 6.07) is 0. The Bertz CT molecular complexity index is 1680. The summed E-state index contributed by atoms with van der Waals surface area (Å²) in [5.74, 6) is -8.00. The first kappa shape index (κ1) is 49.9. The molecular formula is C44H66O17. The van der Waals surface area contributed by atoms with Crippen LogP contribution in [0.2, 0.25) is 0 Å². The van der Waals surface area contributed by atoms with E-state index in [-0.39, 0.29) is 56.9 Å². The number of aliphatic hydroxyl groups is 4. The summed E-state index contributed by atoms with van der Waals surface area (Å²) in [6.45, 7) is 11.1. The largest absolute Gasteiger partial charge is 0.466 e. The van der Waals surface area contributed by atoms with Crippen LogP contribution in [0, 0.1) is 10.8 Å². The number of aliphatic hydroxyl groups excluding tert-OH is 2. The molecule has 4 aliphatic heterocycles. The highest BCUT2D eigenvalue weighted by Crippen LogP contribution is 2.50. The van der Waals surface area contributed by atoms with E-state index in [4.69, 9.17) is 37.9 Å². The van der Waals surface area contributed by atoms with Gasteiger partial charge in [-0.2, -0.15) is 0 Å². The quantitative estimate of drug-likeness (QED) is 0.118. The molecule has 4 heterocycles. The Balaban J connectivity index is 1.87. The lowest BCUT2D eigenvalue weighted by molar-refractivity contribution is -0.348. The minimum Gasteiger partial charge on any atom is -0.466 e. The van der Waals surface area contributed by atoms with Crippen LogP contribution >= 0.6 is 0 Å². The van der Waals surface area contributed by atoms with Gasteiger partial charge >= 0.3 is 29.8 Å². The number of esters is 5. The van der Waals surface area contributed by atoms with Crippen molar-refractivity contribution >= 4 is 29.8 Å². The first-order chi connectivity index (χ1) is 28.4. The van der Waals surface area contributed by atoms with Gasteiger partial charge in [0.1, 0.15) is 12.2 Å². The van der Waals surface area contributed by atoms with Gasteiger partial charge in [0.25, 0.3) is 0 Å². The molecule has 4 aliphatic rings. The van der Waals surface area contributed by atoms with Crippen LogP contribution in [-0.2, 0) is 61.9 Å². The summed E-state index contributed by atoms with van der Waals surface area (Å²) in [5, 5.41) is 47.3. The molecule has 0 saturated carbocycles. The molecule has 0 spiro atoms. The molecule has 0 radical (unpaired) electrons. The van der Waals surface area contributed by atoms with Crippen LogP contribution in [0.3, 0.4) is 0 Å². The van der Waals surface area contributed by atoms with E-state index in [2.05, 4.69) is 0 Å². The van der Waals surface area contributed by atoms with Gasteiger partial charge in [-0.25, -0.2) is 9.59 Å². The van der Waals surface area contributed by atoms with E-state index in [0.717, 1.165) is 26.5 Å². The number of carbonyl (C=O) groups excluding carboxylic acids is 5. The number of unbranched alkanes of at least 4 members (excludes halogenated alkanes) is 1. The summed E-state index contributed by atoms with van der Waals surface area (Å²) < 4.78 is 46.5. The van der Waals surface area contributed by atoms with E-state index in [1.54, 1.807) is 39.8 Å². The van der Waals surface area contributed by atoms with Gasteiger partial charge in [0.15, 0.2) is 11.9 Å². The van der Waals surface area contributed by atoms with Crippen molar-refractivity contribution in [3.05, 3.63) is 35.5 Å². The Morgan fingerprint density at radius 2 is 1.57 bits per heavy atom. The van der Waals surface area contributed by atoms with Crippen LogP contribution in [0.4, 0.5) is 0 Å². The Kier molecular flexibility index (Phi) is 16.9. The van der Waals surface area contributed by atoms with E-state index in [9.17, 15) is 44.4 Å². The molecule has 6 bridgehead atoms. The highest BCUT2D eigenvalue weighted by Gasteiger charge is 2.59. The number of fused-ring (bicyclic) bond motifs is 6. The Labute approximate surface area is 357 Å². The Morgan fingerprint density at radius 3 is 2.20 bits per heavy atom. The van der Waals surface area contributed by atoms with Crippen LogP contribution in [0.15, 0.2) is 35.5 Å². The summed E-state index contributed by atoms with van der Waals surface area (Å²) in [6.07, 6.45) is -3.45. The zero-order chi connectivity index (χ0) is 45.5. The average molecular weight is 867 g/mol. The van der Waals surface area contributed by atoms with Crippen LogP contribution in [-0.4, -0.2) is 131 Å². The van der Waals surface area contributed by atoms with Crippen molar-refractivity contribution in [2.75, 3.05) is 14.2 Å². The minimum atomic E-state index is -2.41. The number of cyclic esters (lactones) is 1. The zero-order valence-electron chi connectivity index (χ0n) is 36.9. The van der Waals surface area contributed by atoms with Crippen molar-refractivity contribution in [3.63, 3.8) is 0 Å². The number of carbonyl (C=O) groups is 5. The summed E-state index contributed by atoms with van der Waals surface area (Å²) in [5.41, 5.74) is -1.97. The predicted octanol–water partition coefficient (Wildman–Crippen LogP) is 3.56. The zero-order valence-corrected chi connectivity index (χ0v) is 36.9. The third-order valence-corrected chi connectivity index (χ3v) is 12.2. The standard InChI is InChI=1S/C44H66O17/c1-10-11-12-36(48)59-35-23-32-20-29(47)21-39(51)58-34(25(2)45)22-31-18-28(19-38(50)55-9)40(56-26(3)46)44(53,61-31)41(4,5)14-13-30-15-27(17-37(49)54-8)16-33(57-30)24-43(52,60-32)42(35,6)7/h13-14,17,19,25,29-35,40,45,47,52-53H,10-12,15-16,18,20-24H2,1-9H3/b14-13+,27-17+,28-19+/t25-,29-,30+,31+,32-,33+,34-,35+,40+,43+,44-/m1/s1. The van der Waals surface area contributed by atoms with Gasteiger partial charge in [0, 0.05) is 56.6 Å². The van der Waals surface area contributed by atoms with Crippen LogP contribution in [0.25, 0.3) is 0 Å². The second-order valence-electron chi connectivity index (χ2n) is 17.8. The molecule has 0 aromatic carbocycles. The number of rotatable bonds is 8. The third kappa shape index (κ3) is 12.5. The number of hydrogen-bond donors (Lipinski definition) is 4. The smallest absolute Gasteiger partial charge is 0.330 e. The van der Waals surface area contributed by atoms with E-state index in [1.165, 1.54) is 20.1 Å². The molecule has 344 valence electrons. The molecule has 4 N–H and O–H groups in total. The van der Waals surface area contributed by atoms with Gasteiger partial charge in [0.2, 0.25) is 5.79 Å². The fourth-order valence-corrected chi connectivity index (χ4v) is 8.45. The third-order valence-electron chi connectivity index (χ3n) is 12.2. The topological polar surface area (TPSA) is 240 Å². The number of ether oxygens (including phenoxy) is 8. The SMILES string of the molecule is CCCCC(=O)O[C@H]1C[C@H]2C[C@@H](O)CC(=O)O[C@@H]([C@@H](C)O)C[C@@H]3C/C(=C\C(=O)OC)[C@H](OC(C)=O)[C@@](O)(O3)C(C)(C)/C=C/[C@H]3C/C(=C\C(=O)OC)C[C@@H](C[C@](O)(O2)C1(C)C)O3. The highest BCUT2D eigenvalue weighted by atomic mass is 16.7. The van der Waals surface area contributed by atoms with Gasteiger partial charge in [-0.15, -0.1) is 0 Å². The lowest BCUT2D eigenvalue weighted by atomic mass is 9.70. The van der Waals surface area contributed by atoms with Crippen molar-refractivity contribution in [1.29, 1.82) is 0 Å². The van der Waals surface area contributed by atoms with Gasteiger partial charge in [-0.05, 0) is 38.2 Å². The van der Waals surface area contributed by atoms with Crippen molar-refractivity contribution in [2.45, 2.75) is 186 Å². The summed E-state index contributed by atoms with van der Waals surface area (Å²) in [7, 11) is 2.41. The van der Waals surface area contributed by atoms with E-state index in [0.29, 0.717) is 12.0 Å². The summed E-state index contributed by atoms with van der Waals surface area (Å²) in [4.78, 5) is 64.2. The average Bonchev–Trinajstić information content (AvgIpc) is 3.15. The first-order valence-electron chi connectivity index (χ1n) is 21.1. The maximum atomic E-state index is 13.4. The fourth-order valence-electron chi connectivity index (χ4n) is 8.45. The monoisotopic (exact) mass is 866 g/mol. The van der Waals surface area contributed by atoms with Gasteiger partial charge in [0.05, 0.1) is 62.7 Å². The maximum absolute atomic E-state index is 13.4. The van der Waals surface area contributed by atoms with Crippen molar-refractivity contribution < 1.29 is 82.3 Å². The molecule has 17 heteroatoms. The van der Waals surface area contributed by atoms with Crippen LogP contribution < -0.4 is 0 Å². The van der Waals surface area contributed by atoms with Gasteiger partial charge in [-0.1, -0.05) is 58.8 Å². The molecule has 3 saturated heterocycles. The lowest BCUT2D eigenvalue weighted by Crippen LogP contribution is -2.62. The molecule has 0 aromatic heterocycles. The molecular weight excluding hydrogens is 800 g/mol. The van der Waals surface area contributed by atoms with E-state index in [1.807, 2.05) is 6.92 Å². The predicted molar refractivity (Wildman–Crippen MR) is 215 cm³/mol. The second-order valence-corrected chi connectivity index (χ2v) is 17.8. The van der Waals surface area contributed by atoms with Crippen molar-refractivity contribution in [3.8, 4) is 0 Å². The van der Waals surface area contributed by atoms with Crippen molar-refractivity contribution in [1.82, 2.24) is 0 Å². The molecule has 0 amide bonds. The maximum Gasteiger partial charge on any atom is 0.330 e. The molecule has 0 aliphatic carbocycles. The molecule has 0 aromatic rings. The Hall–Kier alpha value is -3.71. The number of methoxy groups -OCH3 is 2. The molecule has 0 unspecified atom stereocenters. The van der Waals surface area contributed by atoms with Gasteiger partial charge < -0.3 is 58.3 Å². The number of hydrogen-bond acceptors (Lipinski definition) is 17. The Morgan fingerprint density at radius 1 is 0.902 bits per heavy atom. The van der Waals surface area contributed by atoms with E-state index < -0.39 is 114 Å². The van der Waals surface area contributed by atoms with Crippen molar-refractivity contribution in [2.24, 2.45) is 10.8 Å². The minimum absolute atomic E-state index is 0.0900.